The zero-order valence-corrected chi connectivity index (χ0v) is 14.2. The van der Waals surface area contributed by atoms with Crippen LogP contribution in [0.15, 0.2) is 9.98 Å². The van der Waals surface area contributed by atoms with Gasteiger partial charge >= 0.3 is 11.9 Å². The summed E-state index contributed by atoms with van der Waals surface area (Å²) in [5, 5.41) is 15.9. The Morgan fingerprint density at radius 3 is 1.33 bits per heavy atom. The van der Waals surface area contributed by atoms with Crippen molar-refractivity contribution in [3.05, 3.63) is 0 Å². The molecule has 0 aromatic carbocycles. The maximum atomic E-state index is 9.68. The summed E-state index contributed by atoms with van der Waals surface area (Å²) in [6, 6.07) is 0. The molecule has 8 nitrogen and oxygen atoms in total. The quantitative estimate of drug-likeness (QED) is 0.291. The molecule has 0 rings (SSSR count). The highest BCUT2D eigenvalue weighted by Crippen LogP contribution is 1.62. The molecule has 0 atom stereocenters. The van der Waals surface area contributed by atoms with Crippen LogP contribution in [0.1, 0.15) is 0 Å². The lowest BCUT2D eigenvalue weighted by atomic mass is 10.6. The number of hydrogen-bond acceptors (Lipinski definition) is 6. The van der Waals surface area contributed by atoms with Crippen LogP contribution in [-0.2, 0) is 9.59 Å². The summed E-state index contributed by atoms with van der Waals surface area (Å²) >= 11 is 0. The Morgan fingerprint density at radius 2 is 1.17 bits per heavy atom. The third-order valence-electron chi connectivity index (χ3n) is 0.920. The number of halogens is 2. The van der Waals surface area contributed by atoms with Crippen molar-refractivity contribution in [2.45, 2.75) is 0 Å². The van der Waals surface area contributed by atoms with Crippen molar-refractivity contribution in [2.75, 3.05) is 26.2 Å². The number of rotatable bonds is 6. The van der Waals surface area contributed by atoms with Gasteiger partial charge < -0.3 is 21.7 Å². The molecule has 0 aromatic rings. The molecule has 0 bridgehead atoms. The van der Waals surface area contributed by atoms with E-state index in [-0.39, 0.29) is 48.0 Å². The van der Waals surface area contributed by atoms with E-state index in [9.17, 15) is 9.59 Å². The van der Waals surface area contributed by atoms with Crippen molar-refractivity contribution in [1.82, 2.24) is 0 Å². The first kappa shape index (κ1) is 26.3. The van der Waals surface area contributed by atoms with E-state index in [2.05, 4.69) is 9.98 Å². The van der Waals surface area contributed by atoms with Gasteiger partial charge in [0.1, 0.15) is 12.4 Å². The van der Waals surface area contributed by atoms with E-state index in [0.29, 0.717) is 26.2 Å². The van der Waals surface area contributed by atoms with Gasteiger partial charge in [-0.25, -0.2) is 9.59 Å². The van der Waals surface area contributed by atoms with Crippen LogP contribution in [0, 0.1) is 0 Å². The number of aliphatic carboxylic acids is 2. The van der Waals surface area contributed by atoms with E-state index in [0.717, 1.165) is 12.4 Å². The molecule has 0 spiro atoms. The van der Waals surface area contributed by atoms with Crippen molar-refractivity contribution < 1.29 is 19.8 Å². The van der Waals surface area contributed by atoms with Crippen molar-refractivity contribution in [3.63, 3.8) is 0 Å². The van der Waals surface area contributed by atoms with Crippen LogP contribution < -0.4 is 11.5 Å². The molecule has 10 heteroatoms. The minimum absolute atomic E-state index is 0. The van der Waals surface area contributed by atoms with Gasteiger partial charge in [0, 0.05) is 13.1 Å². The van der Waals surface area contributed by atoms with Crippen molar-refractivity contribution >= 4 is 72.3 Å². The Hall–Kier alpha value is -0.340. The highest BCUT2D eigenvalue weighted by Gasteiger charge is 1.83. The van der Waals surface area contributed by atoms with Crippen LogP contribution >= 0.6 is 48.0 Å². The zero-order chi connectivity index (χ0) is 12.8. The number of hydrogen-bond donors (Lipinski definition) is 4. The van der Waals surface area contributed by atoms with Gasteiger partial charge in [0.05, 0.1) is 13.1 Å². The fourth-order valence-electron chi connectivity index (χ4n) is 0.434. The normalized spacial score (nSPS) is 9.00. The summed E-state index contributed by atoms with van der Waals surface area (Å²) in [7, 11) is 0. The van der Waals surface area contributed by atoms with Gasteiger partial charge in [-0.1, -0.05) is 0 Å². The molecule has 0 fully saturated rings. The Labute approximate surface area is 139 Å². The molecule has 0 radical (unpaired) electrons. The van der Waals surface area contributed by atoms with Crippen LogP contribution in [-0.4, -0.2) is 60.8 Å². The van der Waals surface area contributed by atoms with Gasteiger partial charge in [0.2, 0.25) is 0 Å². The highest BCUT2D eigenvalue weighted by atomic mass is 127. The Bertz CT molecular complexity index is 235. The molecule has 6 N–H and O–H groups in total. The molecule has 0 unspecified atom stereocenters. The minimum atomic E-state index is -1.03. The fraction of sp³-hybridized carbons (Fsp3) is 0.500. The van der Waals surface area contributed by atoms with Crippen molar-refractivity contribution in [3.8, 4) is 0 Å². The van der Waals surface area contributed by atoms with Crippen LogP contribution in [0.25, 0.3) is 0 Å². The molecular formula is C8H18I2N4O4. The lowest BCUT2D eigenvalue weighted by Gasteiger charge is -1.81. The SMILES string of the molecule is I.I.NCC/N=C\C(=O)O.NCC/N=C\C(=O)O. The molecule has 0 saturated heterocycles. The molecule has 0 aliphatic rings. The zero-order valence-electron chi connectivity index (χ0n) is 9.56. The Kier molecular flexibility index (Phi) is 32.0. The Morgan fingerprint density at radius 1 is 0.889 bits per heavy atom. The second-order valence-corrected chi connectivity index (χ2v) is 2.32. The largest absolute Gasteiger partial charge is 0.477 e. The number of aliphatic imine (C=N–C) groups is 2. The summed E-state index contributed by atoms with van der Waals surface area (Å²) in [5.74, 6) is -2.06. The summed E-state index contributed by atoms with van der Waals surface area (Å²) < 4.78 is 0. The first-order chi connectivity index (χ1) is 7.54. The molecule has 0 amide bonds. The van der Waals surface area contributed by atoms with E-state index in [1.165, 1.54) is 0 Å². The molecule has 0 aromatic heterocycles. The van der Waals surface area contributed by atoms with E-state index in [1.807, 2.05) is 0 Å². The average molecular weight is 488 g/mol. The molecule has 18 heavy (non-hydrogen) atoms. The topological polar surface area (TPSA) is 151 Å². The van der Waals surface area contributed by atoms with Gasteiger partial charge in [0.25, 0.3) is 0 Å². The number of nitrogens with two attached hydrogens (primary N) is 2. The molecular weight excluding hydrogens is 470 g/mol. The number of carboxylic acid groups (broad SMARTS) is 2. The van der Waals surface area contributed by atoms with E-state index < -0.39 is 11.9 Å². The summed E-state index contributed by atoms with van der Waals surface area (Å²) in [6.45, 7) is 1.55. The summed E-state index contributed by atoms with van der Waals surface area (Å²) in [4.78, 5) is 26.2. The first-order valence-electron chi connectivity index (χ1n) is 4.40. The van der Waals surface area contributed by atoms with E-state index in [1.54, 1.807) is 0 Å². The molecule has 0 aliphatic carbocycles. The number of carbonyl (C=O) groups is 2. The number of nitrogens with zero attached hydrogens (tertiary/aromatic N) is 2. The van der Waals surface area contributed by atoms with Gasteiger partial charge in [-0.15, -0.1) is 48.0 Å². The molecule has 0 saturated carbocycles. The van der Waals surface area contributed by atoms with Crippen LogP contribution in [0.4, 0.5) is 0 Å². The van der Waals surface area contributed by atoms with Crippen molar-refractivity contribution in [1.29, 1.82) is 0 Å². The second-order valence-electron chi connectivity index (χ2n) is 2.32. The highest BCUT2D eigenvalue weighted by molar-refractivity contribution is 14.0. The second kappa shape index (κ2) is 21.9. The van der Waals surface area contributed by atoms with Crippen LogP contribution in [0.5, 0.6) is 0 Å². The first-order valence-corrected chi connectivity index (χ1v) is 4.40. The Balaban J connectivity index is -0.0000000980. The summed E-state index contributed by atoms with van der Waals surface area (Å²) in [6.07, 6.45) is 1.68. The lowest BCUT2D eigenvalue weighted by Crippen LogP contribution is -2.04. The van der Waals surface area contributed by atoms with E-state index in [4.69, 9.17) is 21.7 Å². The van der Waals surface area contributed by atoms with Crippen molar-refractivity contribution in [2.24, 2.45) is 21.5 Å². The minimum Gasteiger partial charge on any atom is -0.477 e. The smallest absolute Gasteiger partial charge is 0.346 e. The molecule has 0 aliphatic heterocycles. The maximum absolute atomic E-state index is 9.68. The van der Waals surface area contributed by atoms with Gasteiger partial charge in [0.15, 0.2) is 0 Å². The van der Waals surface area contributed by atoms with Crippen LogP contribution in [0.3, 0.4) is 0 Å². The average Bonchev–Trinajstić information content (AvgIpc) is 2.18. The third kappa shape index (κ3) is 36.1. The standard InChI is InChI=1S/2C4H8N2O2.2HI/c2*5-1-2-6-3-4(7)8;;/h2*3H,1-2,5H2,(H,7,8);2*1H/b2*6-3-;;. The maximum Gasteiger partial charge on any atom is 0.346 e. The fourth-order valence-corrected chi connectivity index (χ4v) is 0.434. The summed E-state index contributed by atoms with van der Waals surface area (Å²) in [5.41, 5.74) is 10.0. The predicted octanol–water partition coefficient (Wildman–Crippen LogP) is -0.563. The molecule has 0 heterocycles. The van der Waals surface area contributed by atoms with Gasteiger partial charge in [-0.3, -0.25) is 9.98 Å². The molecule has 108 valence electrons. The lowest BCUT2D eigenvalue weighted by molar-refractivity contribution is -0.129. The van der Waals surface area contributed by atoms with Crippen LogP contribution in [0.2, 0.25) is 0 Å². The number of carboxylic acids is 2. The van der Waals surface area contributed by atoms with E-state index >= 15 is 0 Å². The van der Waals surface area contributed by atoms with Gasteiger partial charge in [-0.2, -0.15) is 0 Å². The monoisotopic (exact) mass is 488 g/mol. The predicted molar refractivity (Wildman–Crippen MR) is 90.9 cm³/mol. The third-order valence-corrected chi connectivity index (χ3v) is 0.920. The van der Waals surface area contributed by atoms with Gasteiger partial charge in [-0.05, 0) is 0 Å².